The van der Waals surface area contributed by atoms with E-state index in [2.05, 4.69) is 50.0 Å². The molecule has 2 heterocycles. The second-order valence-electron chi connectivity index (χ2n) is 9.18. The molecule has 1 unspecified atom stereocenters. The van der Waals surface area contributed by atoms with Crippen molar-refractivity contribution in [3.05, 3.63) is 88.7 Å². The van der Waals surface area contributed by atoms with Gasteiger partial charge in [-0.3, -0.25) is 4.98 Å². The largest absolute Gasteiger partial charge is 0.475 e. The molecule has 0 radical (unpaired) electrons. The fourth-order valence-corrected chi connectivity index (χ4v) is 4.20. The van der Waals surface area contributed by atoms with Gasteiger partial charge < -0.3 is 9.84 Å². The highest BCUT2D eigenvalue weighted by Gasteiger charge is 2.28. The number of aryl methyl sites for hydroxylation is 2. The Bertz CT molecular complexity index is 1120. The Balaban J connectivity index is 1.65. The molecule has 4 heteroatoms. The van der Waals surface area contributed by atoms with E-state index in [1.54, 1.807) is 0 Å². The van der Waals surface area contributed by atoms with Gasteiger partial charge >= 0.3 is 0 Å². The van der Waals surface area contributed by atoms with Crippen LogP contribution < -0.4 is 0 Å². The first-order chi connectivity index (χ1) is 15.4. The van der Waals surface area contributed by atoms with Gasteiger partial charge in [0.2, 0.25) is 5.90 Å². The predicted octanol–water partition coefficient (Wildman–Crippen LogP) is 6.04. The van der Waals surface area contributed by atoms with E-state index in [-0.39, 0.29) is 5.54 Å². The maximum Gasteiger partial charge on any atom is 0.217 e. The van der Waals surface area contributed by atoms with E-state index < -0.39 is 6.10 Å². The molecule has 32 heavy (non-hydrogen) atoms. The van der Waals surface area contributed by atoms with Crippen molar-refractivity contribution in [2.24, 2.45) is 4.99 Å². The molecular formula is C28H32N2O2. The highest BCUT2D eigenvalue weighted by molar-refractivity contribution is 6.01. The Morgan fingerprint density at radius 2 is 1.75 bits per heavy atom. The fraction of sp³-hybridized carbons (Fsp3) is 0.357. The van der Waals surface area contributed by atoms with Gasteiger partial charge in [-0.1, -0.05) is 55.8 Å². The quantitative estimate of drug-likeness (QED) is 0.499. The first kappa shape index (κ1) is 22.2. The average Bonchev–Trinajstić information content (AvgIpc) is 3.17. The number of aliphatic hydroxyl groups excluding tert-OH is 1. The number of aromatic nitrogens is 1. The molecule has 0 amide bonds. The number of nitrogens with zero attached hydrogens (tertiary/aromatic N) is 2. The molecule has 1 aliphatic heterocycles. The number of aliphatic imine (C=N–C) groups is 1. The van der Waals surface area contributed by atoms with Gasteiger partial charge in [-0.2, -0.15) is 0 Å². The van der Waals surface area contributed by atoms with Crippen molar-refractivity contribution in [3.8, 4) is 11.1 Å². The minimum Gasteiger partial charge on any atom is -0.475 e. The summed E-state index contributed by atoms with van der Waals surface area (Å²) in [5, 5.41) is 11.2. The van der Waals surface area contributed by atoms with E-state index in [4.69, 9.17) is 9.73 Å². The molecule has 4 nitrogen and oxygen atoms in total. The lowest BCUT2D eigenvalue weighted by Gasteiger charge is -2.18. The monoisotopic (exact) mass is 428 g/mol. The third kappa shape index (κ3) is 4.61. The van der Waals surface area contributed by atoms with Crippen LogP contribution in [0.2, 0.25) is 0 Å². The number of pyridine rings is 1. The van der Waals surface area contributed by atoms with Crippen molar-refractivity contribution < 1.29 is 9.84 Å². The zero-order valence-electron chi connectivity index (χ0n) is 19.4. The van der Waals surface area contributed by atoms with Crippen molar-refractivity contribution in [1.82, 2.24) is 4.98 Å². The summed E-state index contributed by atoms with van der Waals surface area (Å²) in [6.07, 6.45) is 4.20. The van der Waals surface area contributed by atoms with Gasteiger partial charge in [0, 0.05) is 23.0 Å². The van der Waals surface area contributed by atoms with Crippen LogP contribution >= 0.6 is 0 Å². The zero-order chi connectivity index (χ0) is 22.7. The summed E-state index contributed by atoms with van der Waals surface area (Å²) in [5.74, 6) is 0.696. The number of benzene rings is 2. The first-order valence-corrected chi connectivity index (χ1v) is 11.4. The van der Waals surface area contributed by atoms with Crippen molar-refractivity contribution >= 4 is 5.90 Å². The molecule has 4 rings (SSSR count). The van der Waals surface area contributed by atoms with Gasteiger partial charge in [0.25, 0.3) is 0 Å². The molecule has 1 aromatic heterocycles. The maximum absolute atomic E-state index is 11.2. The van der Waals surface area contributed by atoms with Crippen LogP contribution in [0, 0.1) is 6.92 Å². The van der Waals surface area contributed by atoms with Crippen LogP contribution in [0.1, 0.15) is 67.7 Å². The Kier molecular flexibility index (Phi) is 6.43. The summed E-state index contributed by atoms with van der Waals surface area (Å²) in [6, 6.07) is 18.3. The summed E-state index contributed by atoms with van der Waals surface area (Å²) < 4.78 is 5.90. The number of unbranched alkanes of at least 4 members (excludes halogenated alkanes) is 1. The topological polar surface area (TPSA) is 54.7 Å². The smallest absolute Gasteiger partial charge is 0.217 e. The summed E-state index contributed by atoms with van der Waals surface area (Å²) in [5.41, 5.74) is 6.82. The second kappa shape index (κ2) is 9.25. The summed E-state index contributed by atoms with van der Waals surface area (Å²) in [4.78, 5) is 9.32. The fourth-order valence-electron chi connectivity index (χ4n) is 4.20. The third-order valence-electron chi connectivity index (χ3n) is 5.99. The standard InChI is InChI=1S/C28H32N2O2/c1-5-6-11-24-25(19(2)16-17-29-24)26(31)21-14-12-20(13-15-21)22-9-7-8-10-23(22)27-30-28(3,4)18-32-27/h7-10,12-17,26,31H,5-6,11,18H2,1-4H3. The molecule has 1 atom stereocenters. The minimum atomic E-state index is -0.691. The number of rotatable bonds is 7. The van der Waals surface area contributed by atoms with Crippen LogP contribution in [0.15, 0.2) is 65.8 Å². The van der Waals surface area contributed by atoms with Crippen LogP contribution in [-0.2, 0) is 11.2 Å². The van der Waals surface area contributed by atoms with Gasteiger partial charge in [0.1, 0.15) is 12.7 Å². The first-order valence-electron chi connectivity index (χ1n) is 11.4. The molecule has 0 aliphatic carbocycles. The SMILES string of the molecule is CCCCc1nccc(C)c1C(O)c1ccc(-c2ccccc2C2=NC(C)(C)CO2)cc1. The van der Waals surface area contributed by atoms with Crippen molar-refractivity contribution in [2.75, 3.05) is 6.61 Å². The van der Waals surface area contributed by atoms with Gasteiger partial charge in [0.15, 0.2) is 0 Å². The van der Waals surface area contributed by atoms with E-state index in [0.29, 0.717) is 12.5 Å². The maximum atomic E-state index is 11.2. The molecule has 0 saturated carbocycles. The molecule has 2 aromatic carbocycles. The van der Waals surface area contributed by atoms with Gasteiger partial charge in [-0.15, -0.1) is 0 Å². The lowest BCUT2D eigenvalue weighted by atomic mass is 9.92. The van der Waals surface area contributed by atoms with Crippen molar-refractivity contribution in [2.45, 2.75) is 58.6 Å². The Labute approximate surface area is 191 Å². The van der Waals surface area contributed by atoms with Crippen molar-refractivity contribution in [3.63, 3.8) is 0 Å². The van der Waals surface area contributed by atoms with Gasteiger partial charge in [-0.05, 0) is 68.0 Å². The van der Waals surface area contributed by atoms with E-state index in [0.717, 1.165) is 58.3 Å². The third-order valence-corrected chi connectivity index (χ3v) is 5.99. The molecule has 166 valence electrons. The molecule has 1 N–H and O–H groups in total. The summed E-state index contributed by atoms with van der Waals surface area (Å²) in [6.45, 7) is 8.96. The van der Waals surface area contributed by atoms with Crippen LogP contribution in [-0.4, -0.2) is 28.1 Å². The number of hydrogen-bond donors (Lipinski definition) is 1. The van der Waals surface area contributed by atoms with E-state index in [1.807, 2.05) is 43.5 Å². The molecule has 0 fully saturated rings. The molecule has 0 saturated heterocycles. The number of aliphatic hydroxyl groups is 1. The molecule has 3 aromatic rings. The molecule has 0 bridgehead atoms. The van der Waals surface area contributed by atoms with Gasteiger partial charge in [0.05, 0.1) is 5.54 Å². The van der Waals surface area contributed by atoms with Crippen molar-refractivity contribution in [1.29, 1.82) is 0 Å². The van der Waals surface area contributed by atoms with E-state index in [1.165, 1.54) is 0 Å². The van der Waals surface area contributed by atoms with Gasteiger partial charge in [-0.25, -0.2) is 4.99 Å². The Hall–Kier alpha value is -2.98. The van der Waals surface area contributed by atoms with E-state index >= 15 is 0 Å². The Morgan fingerprint density at radius 1 is 1.03 bits per heavy atom. The summed E-state index contributed by atoms with van der Waals surface area (Å²) >= 11 is 0. The normalized spacial score (nSPS) is 15.8. The van der Waals surface area contributed by atoms with Crippen LogP contribution in [0.3, 0.4) is 0 Å². The lowest BCUT2D eigenvalue weighted by Crippen LogP contribution is -2.17. The molecular weight excluding hydrogens is 396 g/mol. The minimum absolute atomic E-state index is 0.201. The van der Waals surface area contributed by atoms with Crippen LogP contribution in [0.4, 0.5) is 0 Å². The zero-order valence-corrected chi connectivity index (χ0v) is 19.4. The second-order valence-corrected chi connectivity index (χ2v) is 9.18. The number of ether oxygens (including phenoxy) is 1. The Morgan fingerprint density at radius 3 is 2.41 bits per heavy atom. The summed E-state index contributed by atoms with van der Waals surface area (Å²) in [7, 11) is 0. The van der Waals surface area contributed by atoms with Crippen LogP contribution in [0.25, 0.3) is 11.1 Å². The molecule has 0 spiro atoms. The lowest BCUT2D eigenvalue weighted by molar-refractivity contribution is 0.217. The van der Waals surface area contributed by atoms with E-state index in [9.17, 15) is 5.11 Å². The highest BCUT2D eigenvalue weighted by Crippen LogP contribution is 2.32. The highest BCUT2D eigenvalue weighted by atomic mass is 16.5. The molecule has 1 aliphatic rings. The predicted molar refractivity (Wildman–Crippen MR) is 130 cm³/mol. The average molecular weight is 429 g/mol. The number of hydrogen-bond acceptors (Lipinski definition) is 4. The van der Waals surface area contributed by atoms with Crippen LogP contribution in [0.5, 0.6) is 0 Å².